The van der Waals surface area contributed by atoms with Gasteiger partial charge in [-0.05, 0) is 49.9 Å². The van der Waals surface area contributed by atoms with Crippen LogP contribution >= 0.6 is 0 Å². The molecule has 39 heavy (non-hydrogen) atoms. The molecule has 7 nitrogen and oxygen atoms in total. The molecular formula is C31H39N3O4S. The van der Waals surface area contributed by atoms with E-state index in [1.54, 1.807) is 25.1 Å². The third-order valence-electron chi connectivity index (χ3n) is 6.77. The SMILES string of the molecule is CC[C@@H](C)NC(=O)[C@@H](Cc1ccccc1)N(Cc1cccc(C)c1)C(=O)CN(c1ccccc1C)S(C)(=O)=O. The summed E-state index contributed by atoms with van der Waals surface area (Å²) < 4.78 is 26.9. The maximum atomic E-state index is 14.1. The van der Waals surface area contributed by atoms with Gasteiger partial charge >= 0.3 is 0 Å². The zero-order valence-electron chi connectivity index (χ0n) is 23.4. The Morgan fingerprint density at radius 1 is 0.897 bits per heavy atom. The summed E-state index contributed by atoms with van der Waals surface area (Å²) in [5.74, 6) is -0.721. The van der Waals surface area contributed by atoms with Crippen LogP contribution in [0.5, 0.6) is 0 Å². The highest BCUT2D eigenvalue weighted by Crippen LogP contribution is 2.23. The summed E-state index contributed by atoms with van der Waals surface area (Å²) in [6, 6.07) is 23.5. The van der Waals surface area contributed by atoms with Crippen LogP contribution in [0.25, 0.3) is 0 Å². The summed E-state index contributed by atoms with van der Waals surface area (Å²) in [7, 11) is -3.79. The molecule has 208 valence electrons. The van der Waals surface area contributed by atoms with Crippen LogP contribution in [0.3, 0.4) is 0 Å². The standard InChI is InChI=1S/C31H39N3O4S/c1-6-25(4)32-31(36)29(20-26-15-8-7-9-16-26)33(21-27-17-12-13-23(2)19-27)30(35)22-34(39(5,37)38)28-18-11-10-14-24(28)3/h7-19,25,29H,6,20-22H2,1-5H3,(H,32,36)/t25-,29-/m1/s1. The molecule has 0 aliphatic heterocycles. The van der Waals surface area contributed by atoms with Gasteiger partial charge in [-0.15, -0.1) is 0 Å². The molecule has 2 amide bonds. The first-order valence-electron chi connectivity index (χ1n) is 13.2. The van der Waals surface area contributed by atoms with Crippen LogP contribution in [-0.2, 0) is 32.6 Å². The first kappa shape index (κ1) is 29.9. The summed E-state index contributed by atoms with van der Waals surface area (Å²) >= 11 is 0. The summed E-state index contributed by atoms with van der Waals surface area (Å²) in [5.41, 5.74) is 3.97. The predicted octanol–water partition coefficient (Wildman–Crippen LogP) is 4.62. The zero-order chi connectivity index (χ0) is 28.6. The number of sulfonamides is 1. The van der Waals surface area contributed by atoms with Crippen molar-refractivity contribution >= 4 is 27.5 Å². The predicted molar refractivity (Wildman–Crippen MR) is 157 cm³/mol. The van der Waals surface area contributed by atoms with E-state index in [4.69, 9.17) is 0 Å². The van der Waals surface area contributed by atoms with Crippen LogP contribution < -0.4 is 9.62 Å². The van der Waals surface area contributed by atoms with Gasteiger partial charge in [0.1, 0.15) is 12.6 Å². The van der Waals surface area contributed by atoms with Gasteiger partial charge in [0.25, 0.3) is 0 Å². The van der Waals surface area contributed by atoms with Crippen molar-refractivity contribution in [1.29, 1.82) is 0 Å². The van der Waals surface area contributed by atoms with Gasteiger partial charge in [-0.3, -0.25) is 13.9 Å². The van der Waals surface area contributed by atoms with Crippen LogP contribution in [0.4, 0.5) is 5.69 Å². The van der Waals surface area contributed by atoms with Gasteiger partial charge in [0.15, 0.2) is 0 Å². The number of anilines is 1. The second-order valence-corrected chi connectivity index (χ2v) is 12.0. The lowest BCUT2D eigenvalue weighted by Gasteiger charge is -2.34. The van der Waals surface area contributed by atoms with E-state index in [0.29, 0.717) is 12.1 Å². The number of nitrogens with zero attached hydrogens (tertiary/aromatic N) is 2. The van der Waals surface area contributed by atoms with Crippen LogP contribution in [0.15, 0.2) is 78.9 Å². The van der Waals surface area contributed by atoms with E-state index in [0.717, 1.165) is 39.2 Å². The maximum absolute atomic E-state index is 14.1. The topological polar surface area (TPSA) is 86.8 Å². The number of hydrogen-bond donors (Lipinski definition) is 1. The van der Waals surface area contributed by atoms with Gasteiger partial charge in [0.2, 0.25) is 21.8 Å². The molecule has 3 aromatic rings. The Kier molecular flexibility index (Phi) is 10.3. The van der Waals surface area contributed by atoms with Crippen LogP contribution in [0.1, 0.15) is 42.5 Å². The lowest BCUT2D eigenvalue weighted by atomic mass is 10.0. The number of benzene rings is 3. The minimum absolute atomic E-state index is 0.0776. The van der Waals surface area contributed by atoms with E-state index in [9.17, 15) is 18.0 Å². The third-order valence-corrected chi connectivity index (χ3v) is 7.90. The molecule has 1 N–H and O–H groups in total. The Morgan fingerprint density at radius 3 is 2.15 bits per heavy atom. The van der Waals surface area contributed by atoms with Gasteiger partial charge in [-0.2, -0.15) is 0 Å². The number of para-hydroxylation sites is 1. The zero-order valence-corrected chi connectivity index (χ0v) is 24.2. The van der Waals surface area contributed by atoms with E-state index >= 15 is 0 Å². The van der Waals surface area contributed by atoms with Gasteiger partial charge in [-0.1, -0.05) is 85.3 Å². The molecule has 0 unspecified atom stereocenters. The molecule has 0 bridgehead atoms. The molecule has 3 aromatic carbocycles. The van der Waals surface area contributed by atoms with Gasteiger partial charge in [-0.25, -0.2) is 8.42 Å². The quantitative estimate of drug-likeness (QED) is 0.357. The second kappa shape index (κ2) is 13.4. The molecule has 0 saturated heterocycles. The Balaban J connectivity index is 2.07. The number of carbonyl (C=O) groups is 2. The highest BCUT2D eigenvalue weighted by Gasteiger charge is 2.33. The molecule has 0 aliphatic carbocycles. The maximum Gasteiger partial charge on any atom is 0.244 e. The average molecular weight is 550 g/mol. The molecule has 2 atom stereocenters. The van der Waals surface area contributed by atoms with Gasteiger partial charge in [0, 0.05) is 19.0 Å². The fourth-order valence-corrected chi connectivity index (χ4v) is 5.35. The highest BCUT2D eigenvalue weighted by molar-refractivity contribution is 7.92. The van der Waals surface area contributed by atoms with E-state index in [-0.39, 0.29) is 18.5 Å². The summed E-state index contributed by atoms with van der Waals surface area (Å²) in [6.45, 7) is 7.43. The molecule has 0 heterocycles. The Bertz CT molecular complexity index is 1380. The minimum atomic E-state index is -3.79. The summed E-state index contributed by atoms with van der Waals surface area (Å²) in [5, 5.41) is 3.04. The molecule has 3 rings (SSSR count). The van der Waals surface area contributed by atoms with Crippen molar-refractivity contribution in [3.63, 3.8) is 0 Å². The Labute approximate surface area is 232 Å². The molecular weight excluding hydrogens is 510 g/mol. The average Bonchev–Trinajstić information content (AvgIpc) is 2.89. The number of amides is 2. The fourth-order valence-electron chi connectivity index (χ4n) is 4.44. The third kappa shape index (κ3) is 8.42. The van der Waals surface area contributed by atoms with Crippen molar-refractivity contribution in [1.82, 2.24) is 10.2 Å². The van der Waals surface area contributed by atoms with Gasteiger partial charge in [0.05, 0.1) is 11.9 Å². The monoisotopic (exact) mass is 549 g/mol. The largest absolute Gasteiger partial charge is 0.352 e. The van der Waals surface area contributed by atoms with Crippen LogP contribution in [0, 0.1) is 13.8 Å². The van der Waals surface area contributed by atoms with Gasteiger partial charge < -0.3 is 10.2 Å². The number of aryl methyl sites for hydroxylation is 2. The number of nitrogens with one attached hydrogen (secondary N) is 1. The molecule has 8 heteroatoms. The molecule has 0 spiro atoms. The molecule has 0 saturated carbocycles. The van der Waals surface area contributed by atoms with Crippen molar-refractivity contribution in [2.24, 2.45) is 0 Å². The Morgan fingerprint density at radius 2 is 1.54 bits per heavy atom. The number of hydrogen-bond acceptors (Lipinski definition) is 4. The normalized spacial score (nSPS) is 12.8. The number of carbonyl (C=O) groups excluding carboxylic acids is 2. The van der Waals surface area contributed by atoms with E-state index in [2.05, 4.69) is 5.32 Å². The minimum Gasteiger partial charge on any atom is -0.352 e. The van der Waals surface area contributed by atoms with E-state index in [1.165, 1.54) is 4.90 Å². The molecule has 0 aliphatic rings. The first-order chi connectivity index (χ1) is 18.5. The molecule has 0 radical (unpaired) electrons. The number of rotatable bonds is 12. The molecule has 0 aromatic heterocycles. The van der Waals surface area contributed by atoms with Crippen molar-refractivity contribution in [3.8, 4) is 0 Å². The van der Waals surface area contributed by atoms with Crippen molar-refractivity contribution in [3.05, 3.63) is 101 Å². The summed E-state index contributed by atoms with van der Waals surface area (Å²) in [4.78, 5) is 29.3. The lowest BCUT2D eigenvalue weighted by molar-refractivity contribution is -0.140. The van der Waals surface area contributed by atoms with Crippen molar-refractivity contribution in [2.75, 3.05) is 17.1 Å². The lowest BCUT2D eigenvalue weighted by Crippen LogP contribution is -2.54. The molecule has 0 fully saturated rings. The Hall–Kier alpha value is -3.65. The summed E-state index contributed by atoms with van der Waals surface area (Å²) in [6.07, 6.45) is 2.13. The highest BCUT2D eigenvalue weighted by atomic mass is 32.2. The second-order valence-electron chi connectivity index (χ2n) is 10.1. The van der Waals surface area contributed by atoms with E-state index in [1.807, 2.05) is 81.4 Å². The smallest absolute Gasteiger partial charge is 0.244 e. The van der Waals surface area contributed by atoms with Crippen LogP contribution in [0.2, 0.25) is 0 Å². The van der Waals surface area contributed by atoms with Crippen molar-refractivity contribution < 1.29 is 18.0 Å². The van der Waals surface area contributed by atoms with E-state index < -0.39 is 28.5 Å². The fraction of sp³-hybridized carbons (Fsp3) is 0.355. The van der Waals surface area contributed by atoms with Crippen LogP contribution in [-0.4, -0.2) is 50.0 Å². The van der Waals surface area contributed by atoms with Crippen molar-refractivity contribution in [2.45, 2.75) is 59.2 Å². The first-order valence-corrected chi connectivity index (χ1v) is 15.1.